The fraction of sp³-hybridized carbons (Fsp3) is 0.875. The molecule has 0 spiro atoms. The molecule has 2 bridgehead atoms. The maximum Gasteiger partial charge on any atom is 0.490 e. The predicted molar refractivity (Wildman–Crippen MR) is 95.6 cm³/mol. The minimum Gasteiger partial charge on any atom is -0.475 e. The Bertz CT molecular complexity index is 709. The highest BCUT2D eigenvalue weighted by atomic mass is 32.2. The number of fused-ring (bicyclic) bond motifs is 2. The van der Waals surface area contributed by atoms with Gasteiger partial charge in [0.2, 0.25) is 15.9 Å². The maximum atomic E-state index is 12.7. The lowest BCUT2D eigenvalue weighted by molar-refractivity contribution is -0.192. The Kier molecular flexibility index (Phi) is 7.52. The zero-order valence-electron chi connectivity index (χ0n) is 16.3. The number of carbonyl (C=O) groups is 2. The van der Waals surface area contributed by atoms with Gasteiger partial charge in [0.05, 0.1) is 23.9 Å². The molecule has 29 heavy (non-hydrogen) atoms. The van der Waals surface area contributed by atoms with Gasteiger partial charge < -0.3 is 19.6 Å². The molecule has 1 amide bonds. The first-order valence-corrected chi connectivity index (χ1v) is 10.9. The molecule has 0 unspecified atom stereocenters. The van der Waals surface area contributed by atoms with Crippen LogP contribution in [0.5, 0.6) is 0 Å². The van der Waals surface area contributed by atoms with Gasteiger partial charge in [0, 0.05) is 39.3 Å². The highest BCUT2D eigenvalue weighted by molar-refractivity contribution is 7.89. The van der Waals surface area contributed by atoms with Crippen LogP contribution in [0.25, 0.3) is 0 Å². The van der Waals surface area contributed by atoms with Crippen molar-refractivity contribution in [3.8, 4) is 0 Å². The standard InChI is InChI=1S/C14H25N3O4S.C2HF3O2/c1-3-22(19,20)17-9-11-8-12(13(10-17)21-11)14(18)16-6-4-15(2)5-7-16;3-2(4,5)1(6)7/h11-13H,3-10H2,1-2H3;(H,6,7)/t11-,12+,13-;/m1./s1. The van der Waals surface area contributed by atoms with Crippen LogP contribution in [0.3, 0.4) is 0 Å². The Morgan fingerprint density at radius 3 is 2.17 bits per heavy atom. The summed E-state index contributed by atoms with van der Waals surface area (Å²) in [5, 5.41) is 7.12. The molecule has 3 atom stereocenters. The summed E-state index contributed by atoms with van der Waals surface area (Å²) in [6.45, 7) is 5.64. The third kappa shape index (κ3) is 6.03. The number of carbonyl (C=O) groups excluding carboxylic acids is 1. The van der Waals surface area contributed by atoms with Crippen LogP contribution in [0.2, 0.25) is 0 Å². The predicted octanol–water partition coefficient (Wildman–Crippen LogP) is -0.167. The van der Waals surface area contributed by atoms with E-state index in [9.17, 15) is 26.4 Å². The van der Waals surface area contributed by atoms with Crippen molar-refractivity contribution >= 4 is 21.9 Å². The number of halogens is 3. The fourth-order valence-corrected chi connectivity index (χ4v) is 4.69. The molecule has 1 N–H and O–H groups in total. The zero-order valence-corrected chi connectivity index (χ0v) is 17.1. The van der Waals surface area contributed by atoms with Gasteiger partial charge in [-0.2, -0.15) is 17.5 Å². The van der Waals surface area contributed by atoms with Crippen LogP contribution >= 0.6 is 0 Å². The summed E-state index contributed by atoms with van der Waals surface area (Å²) in [5.74, 6) is -2.71. The van der Waals surface area contributed by atoms with E-state index < -0.39 is 22.2 Å². The number of morpholine rings is 1. The van der Waals surface area contributed by atoms with Crippen LogP contribution in [0.15, 0.2) is 0 Å². The molecule has 0 aromatic rings. The second-order valence-corrected chi connectivity index (χ2v) is 9.55. The van der Waals surface area contributed by atoms with Gasteiger partial charge in [-0.1, -0.05) is 0 Å². The number of aliphatic carboxylic acids is 1. The van der Waals surface area contributed by atoms with Crippen molar-refractivity contribution in [2.45, 2.75) is 31.7 Å². The number of carboxylic acid groups (broad SMARTS) is 1. The van der Waals surface area contributed by atoms with E-state index in [4.69, 9.17) is 14.6 Å². The summed E-state index contributed by atoms with van der Waals surface area (Å²) in [4.78, 5) is 25.8. The molecule has 3 aliphatic rings. The van der Waals surface area contributed by atoms with Gasteiger partial charge in [0.15, 0.2) is 0 Å². The van der Waals surface area contributed by atoms with Crippen molar-refractivity contribution in [1.29, 1.82) is 0 Å². The molecule has 3 fully saturated rings. The molecule has 0 aromatic carbocycles. The second-order valence-electron chi connectivity index (χ2n) is 7.29. The van der Waals surface area contributed by atoms with Crippen molar-refractivity contribution < 1.29 is 41.0 Å². The highest BCUT2D eigenvalue weighted by Crippen LogP contribution is 2.34. The smallest absolute Gasteiger partial charge is 0.475 e. The number of nitrogens with zero attached hydrogens (tertiary/aromatic N) is 3. The molecule has 9 nitrogen and oxygen atoms in total. The number of piperazine rings is 1. The minimum atomic E-state index is -5.08. The summed E-state index contributed by atoms with van der Waals surface area (Å²) in [6, 6.07) is 0. The van der Waals surface area contributed by atoms with Gasteiger partial charge in [-0.3, -0.25) is 4.79 Å². The van der Waals surface area contributed by atoms with E-state index in [1.807, 2.05) is 4.90 Å². The summed E-state index contributed by atoms with van der Waals surface area (Å²) >= 11 is 0. The number of sulfonamides is 1. The third-order valence-corrected chi connectivity index (χ3v) is 7.07. The molecule has 3 aliphatic heterocycles. The lowest BCUT2D eigenvalue weighted by Crippen LogP contribution is -2.51. The quantitative estimate of drug-likeness (QED) is 0.643. The topological polar surface area (TPSA) is 107 Å². The number of likely N-dealkylation sites (N-methyl/N-ethyl adjacent to an activating group) is 1. The van der Waals surface area contributed by atoms with Crippen LogP contribution in [0.4, 0.5) is 13.2 Å². The molecule has 0 radical (unpaired) electrons. The van der Waals surface area contributed by atoms with E-state index in [-0.39, 0.29) is 29.8 Å². The number of carboxylic acids is 1. The first kappa shape index (κ1) is 23.8. The van der Waals surface area contributed by atoms with E-state index in [0.29, 0.717) is 19.5 Å². The van der Waals surface area contributed by atoms with Gasteiger partial charge in [0.25, 0.3) is 0 Å². The molecule has 3 rings (SSSR count). The molecule has 3 heterocycles. The summed E-state index contributed by atoms with van der Waals surface area (Å²) in [7, 11) is -1.15. The zero-order chi connectivity index (χ0) is 22.0. The maximum absolute atomic E-state index is 12.7. The van der Waals surface area contributed by atoms with Gasteiger partial charge >= 0.3 is 12.1 Å². The van der Waals surface area contributed by atoms with Crippen LogP contribution in [-0.2, 0) is 24.3 Å². The minimum absolute atomic E-state index is 0.101. The monoisotopic (exact) mass is 445 g/mol. The summed E-state index contributed by atoms with van der Waals surface area (Å²) < 4.78 is 63.2. The van der Waals surface area contributed by atoms with Crippen LogP contribution in [0, 0.1) is 5.92 Å². The number of hydrogen-bond donors (Lipinski definition) is 1. The Morgan fingerprint density at radius 1 is 1.14 bits per heavy atom. The molecule has 0 saturated carbocycles. The lowest BCUT2D eigenvalue weighted by Gasteiger charge is -2.35. The molecule has 13 heteroatoms. The summed E-state index contributed by atoms with van der Waals surface area (Å²) in [6.07, 6.45) is -4.86. The number of alkyl halides is 3. The van der Waals surface area contributed by atoms with Gasteiger partial charge in [-0.05, 0) is 20.4 Å². The van der Waals surface area contributed by atoms with Gasteiger partial charge in [0.1, 0.15) is 0 Å². The number of hydrogen-bond acceptors (Lipinski definition) is 6. The number of rotatable bonds is 3. The molecule has 0 aliphatic carbocycles. The first-order chi connectivity index (χ1) is 13.3. The van der Waals surface area contributed by atoms with Gasteiger partial charge in [-0.25, -0.2) is 13.2 Å². The van der Waals surface area contributed by atoms with E-state index in [1.165, 1.54) is 4.31 Å². The molecule has 3 saturated heterocycles. The van der Waals surface area contributed by atoms with E-state index >= 15 is 0 Å². The van der Waals surface area contributed by atoms with Crippen LogP contribution in [-0.4, -0.2) is 110 Å². The number of amides is 1. The normalized spacial score (nSPS) is 28.6. The first-order valence-electron chi connectivity index (χ1n) is 9.26. The molecule has 168 valence electrons. The van der Waals surface area contributed by atoms with Crippen LogP contribution < -0.4 is 0 Å². The molecular formula is C16H26F3N3O6S. The largest absolute Gasteiger partial charge is 0.490 e. The van der Waals surface area contributed by atoms with Crippen molar-refractivity contribution in [3.05, 3.63) is 0 Å². The molecule has 0 aromatic heterocycles. The Labute approximate surface area is 167 Å². The fourth-order valence-electron chi connectivity index (χ4n) is 3.55. The number of ether oxygens (including phenoxy) is 1. The van der Waals surface area contributed by atoms with Crippen molar-refractivity contribution in [2.24, 2.45) is 5.92 Å². The van der Waals surface area contributed by atoms with E-state index in [0.717, 1.165) is 26.2 Å². The Balaban J connectivity index is 0.000000370. The SMILES string of the molecule is CCS(=O)(=O)N1C[C@H]2C[C@H](C(=O)N3CCN(C)CC3)[C@@H](C1)O2.O=C(O)C(F)(F)F. The van der Waals surface area contributed by atoms with E-state index in [1.54, 1.807) is 6.92 Å². The van der Waals surface area contributed by atoms with Gasteiger partial charge in [-0.15, -0.1) is 0 Å². The lowest BCUT2D eigenvalue weighted by atomic mass is 9.98. The Hall–Kier alpha value is -1.44. The average molecular weight is 445 g/mol. The highest BCUT2D eigenvalue weighted by Gasteiger charge is 2.48. The van der Waals surface area contributed by atoms with Crippen molar-refractivity contribution in [1.82, 2.24) is 14.1 Å². The Morgan fingerprint density at radius 2 is 1.69 bits per heavy atom. The average Bonchev–Trinajstić information content (AvgIpc) is 2.95. The van der Waals surface area contributed by atoms with Crippen molar-refractivity contribution in [2.75, 3.05) is 52.1 Å². The summed E-state index contributed by atoms with van der Waals surface area (Å²) in [5.41, 5.74) is 0. The van der Waals surface area contributed by atoms with E-state index in [2.05, 4.69) is 11.9 Å². The second kappa shape index (κ2) is 9.14. The third-order valence-electron chi connectivity index (χ3n) is 5.26. The van der Waals surface area contributed by atoms with Crippen LogP contribution in [0.1, 0.15) is 13.3 Å². The molecular weight excluding hydrogens is 419 g/mol. The van der Waals surface area contributed by atoms with Crippen molar-refractivity contribution in [3.63, 3.8) is 0 Å².